The lowest BCUT2D eigenvalue weighted by Gasteiger charge is -2.18. The Morgan fingerprint density at radius 3 is 3.00 bits per heavy atom. The molecule has 0 atom stereocenters. The first-order chi connectivity index (χ1) is 11.7. The lowest BCUT2D eigenvalue weighted by atomic mass is 10.1. The van der Waals surface area contributed by atoms with Gasteiger partial charge in [0.15, 0.2) is 5.78 Å². The minimum Gasteiger partial charge on any atom is -0.491 e. The van der Waals surface area contributed by atoms with Crippen LogP contribution in [0.15, 0.2) is 42.5 Å². The number of rotatable bonds is 3. The molecule has 0 bridgehead atoms. The molecular formula is C18H17N3O3. The maximum atomic E-state index is 11.7. The van der Waals surface area contributed by atoms with E-state index in [0.717, 1.165) is 28.3 Å². The van der Waals surface area contributed by atoms with Crippen molar-refractivity contribution in [3.8, 4) is 5.75 Å². The van der Waals surface area contributed by atoms with Gasteiger partial charge in [-0.25, -0.2) is 4.98 Å². The molecule has 122 valence electrons. The standard InChI is InChI=1S/C18H17N3O3/c22-11-16(23)12-5-6-17-13(9-12)10-21(7-8-24-17)18-19-14-3-1-2-4-15(14)20-18/h1-6,9,22H,7-8,10-11H2,(H,19,20). The molecule has 1 aliphatic rings. The van der Waals surface area contributed by atoms with Gasteiger partial charge in [-0.15, -0.1) is 0 Å². The third-order valence-electron chi connectivity index (χ3n) is 4.18. The lowest BCUT2D eigenvalue weighted by Crippen LogP contribution is -2.26. The summed E-state index contributed by atoms with van der Waals surface area (Å²) in [4.78, 5) is 21.8. The van der Waals surface area contributed by atoms with E-state index in [1.54, 1.807) is 18.2 Å². The molecule has 0 saturated heterocycles. The number of anilines is 1. The van der Waals surface area contributed by atoms with Crippen molar-refractivity contribution in [3.63, 3.8) is 0 Å². The van der Waals surface area contributed by atoms with Gasteiger partial charge in [0.2, 0.25) is 5.95 Å². The molecule has 24 heavy (non-hydrogen) atoms. The highest BCUT2D eigenvalue weighted by Crippen LogP contribution is 2.27. The van der Waals surface area contributed by atoms with Crippen molar-refractivity contribution in [2.75, 3.05) is 24.7 Å². The van der Waals surface area contributed by atoms with Crippen molar-refractivity contribution >= 4 is 22.8 Å². The van der Waals surface area contributed by atoms with E-state index < -0.39 is 6.61 Å². The molecule has 2 aromatic carbocycles. The summed E-state index contributed by atoms with van der Waals surface area (Å²) in [5.41, 5.74) is 3.31. The molecule has 0 saturated carbocycles. The van der Waals surface area contributed by atoms with E-state index in [2.05, 4.69) is 14.9 Å². The van der Waals surface area contributed by atoms with Crippen LogP contribution in [0.2, 0.25) is 0 Å². The van der Waals surface area contributed by atoms with Crippen LogP contribution in [0.4, 0.5) is 5.95 Å². The third-order valence-corrected chi connectivity index (χ3v) is 4.18. The Morgan fingerprint density at radius 1 is 1.29 bits per heavy atom. The Kier molecular flexibility index (Phi) is 3.66. The molecule has 6 nitrogen and oxygen atoms in total. The zero-order valence-corrected chi connectivity index (χ0v) is 13.0. The number of H-pyrrole nitrogens is 1. The molecule has 0 spiro atoms. The Balaban J connectivity index is 1.68. The van der Waals surface area contributed by atoms with Crippen LogP contribution < -0.4 is 9.64 Å². The quantitative estimate of drug-likeness (QED) is 0.722. The van der Waals surface area contributed by atoms with Crippen LogP contribution in [0.5, 0.6) is 5.75 Å². The number of hydrogen-bond donors (Lipinski definition) is 2. The number of imidazole rings is 1. The first-order valence-electron chi connectivity index (χ1n) is 7.84. The molecule has 0 amide bonds. The van der Waals surface area contributed by atoms with Gasteiger partial charge in [0.25, 0.3) is 0 Å². The molecule has 0 radical (unpaired) electrons. The smallest absolute Gasteiger partial charge is 0.204 e. The monoisotopic (exact) mass is 323 g/mol. The van der Waals surface area contributed by atoms with Crippen molar-refractivity contribution in [3.05, 3.63) is 53.6 Å². The fraction of sp³-hybridized carbons (Fsp3) is 0.222. The van der Waals surface area contributed by atoms with Gasteiger partial charge in [0.05, 0.1) is 17.6 Å². The molecule has 0 fully saturated rings. The van der Waals surface area contributed by atoms with Gasteiger partial charge < -0.3 is 19.7 Å². The molecule has 0 aliphatic carbocycles. The second kappa shape index (κ2) is 5.98. The number of ketones is 1. The van der Waals surface area contributed by atoms with Crippen LogP contribution >= 0.6 is 0 Å². The number of ether oxygens (including phenoxy) is 1. The van der Waals surface area contributed by atoms with Crippen molar-refractivity contribution in [1.82, 2.24) is 9.97 Å². The normalized spacial score (nSPS) is 14.1. The van der Waals surface area contributed by atoms with Gasteiger partial charge in [-0.3, -0.25) is 4.79 Å². The van der Waals surface area contributed by atoms with E-state index in [0.29, 0.717) is 25.3 Å². The van der Waals surface area contributed by atoms with Crippen LogP contribution in [0.1, 0.15) is 15.9 Å². The minimum atomic E-state index is -0.493. The fourth-order valence-electron chi connectivity index (χ4n) is 2.93. The van der Waals surface area contributed by atoms with Crippen LogP contribution in [-0.4, -0.2) is 40.6 Å². The molecule has 0 unspecified atom stereocenters. The maximum absolute atomic E-state index is 11.7. The van der Waals surface area contributed by atoms with E-state index in [1.165, 1.54) is 0 Å². The number of nitrogens with zero attached hydrogens (tertiary/aromatic N) is 2. The number of carbonyl (C=O) groups excluding carboxylic acids is 1. The summed E-state index contributed by atoms with van der Waals surface area (Å²) in [5.74, 6) is 1.26. The number of aromatic amines is 1. The lowest BCUT2D eigenvalue weighted by molar-refractivity contribution is 0.0903. The molecule has 3 aromatic rings. The highest BCUT2D eigenvalue weighted by molar-refractivity contribution is 5.97. The van der Waals surface area contributed by atoms with Gasteiger partial charge in [-0.2, -0.15) is 0 Å². The van der Waals surface area contributed by atoms with Gasteiger partial charge in [0.1, 0.15) is 19.0 Å². The van der Waals surface area contributed by atoms with E-state index in [4.69, 9.17) is 9.84 Å². The van der Waals surface area contributed by atoms with Gasteiger partial charge >= 0.3 is 0 Å². The van der Waals surface area contributed by atoms with Crippen molar-refractivity contribution < 1.29 is 14.6 Å². The Morgan fingerprint density at radius 2 is 2.17 bits per heavy atom. The van der Waals surface area contributed by atoms with Gasteiger partial charge in [-0.05, 0) is 30.3 Å². The molecule has 4 rings (SSSR count). The van der Waals surface area contributed by atoms with E-state index in [1.807, 2.05) is 24.3 Å². The first kappa shape index (κ1) is 14.7. The molecular weight excluding hydrogens is 306 g/mol. The second-order valence-corrected chi connectivity index (χ2v) is 5.75. The SMILES string of the molecule is O=C(CO)c1ccc2c(c1)CN(c1nc3ccccc3[nH]1)CCO2. The summed E-state index contributed by atoms with van der Waals surface area (Å²) in [6, 6.07) is 13.2. The highest BCUT2D eigenvalue weighted by atomic mass is 16.5. The number of Topliss-reactive ketones (excluding diaryl/α,β-unsaturated/α-hetero) is 1. The summed E-state index contributed by atoms with van der Waals surface area (Å²) in [5, 5.41) is 9.05. The van der Waals surface area contributed by atoms with Crippen LogP contribution in [-0.2, 0) is 6.54 Å². The average Bonchev–Trinajstić information content (AvgIpc) is 2.93. The van der Waals surface area contributed by atoms with Crippen molar-refractivity contribution in [1.29, 1.82) is 0 Å². The van der Waals surface area contributed by atoms with Crippen LogP contribution in [0, 0.1) is 0 Å². The third kappa shape index (κ3) is 2.61. The van der Waals surface area contributed by atoms with E-state index in [9.17, 15) is 4.79 Å². The summed E-state index contributed by atoms with van der Waals surface area (Å²) in [6.07, 6.45) is 0. The predicted octanol–water partition coefficient (Wildman–Crippen LogP) is 2.14. The van der Waals surface area contributed by atoms with E-state index in [-0.39, 0.29) is 5.78 Å². The number of aromatic nitrogens is 2. The first-order valence-corrected chi connectivity index (χ1v) is 7.84. The number of carbonyl (C=O) groups is 1. The maximum Gasteiger partial charge on any atom is 0.204 e. The number of para-hydroxylation sites is 2. The summed E-state index contributed by atoms with van der Waals surface area (Å²) < 4.78 is 5.79. The molecule has 2 N–H and O–H groups in total. The number of hydrogen-bond acceptors (Lipinski definition) is 5. The molecule has 1 aromatic heterocycles. The molecule has 6 heteroatoms. The number of aliphatic hydroxyl groups is 1. The number of benzene rings is 2. The van der Waals surface area contributed by atoms with Crippen LogP contribution in [0.25, 0.3) is 11.0 Å². The fourth-order valence-corrected chi connectivity index (χ4v) is 2.93. The van der Waals surface area contributed by atoms with E-state index >= 15 is 0 Å². The summed E-state index contributed by atoms with van der Waals surface area (Å²) in [7, 11) is 0. The Hall–Kier alpha value is -2.86. The largest absolute Gasteiger partial charge is 0.491 e. The highest BCUT2D eigenvalue weighted by Gasteiger charge is 2.19. The van der Waals surface area contributed by atoms with Crippen LogP contribution in [0.3, 0.4) is 0 Å². The second-order valence-electron chi connectivity index (χ2n) is 5.75. The van der Waals surface area contributed by atoms with Gasteiger partial charge in [0, 0.05) is 17.7 Å². The number of nitrogens with one attached hydrogen (secondary N) is 1. The summed E-state index contributed by atoms with van der Waals surface area (Å²) >= 11 is 0. The average molecular weight is 323 g/mol. The number of aliphatic hydroxyl groups excluding tert-OH is 1. The van der Waals surface area contributed by atoms with Gasteiger partial charge in [-0.1, -0.05) is 12.1 Å². The van der Waals surface area contributed by atoms with Crippen molar-refractivity contribution in [2.45, 2.75) is 6.54 Å². The number of fused-ring (bicyclic) bond motifs is 2. The summed E-state index contributed by atoms with van der Waals surface area (Å²) in [6.45, 7) is 1.32. The van der Waals surface area contributed by atoms with Crippen molar-refractivity contribution in [2.24, 2.45) is 0 Å². The zero-order chi connectivity index (χ0) is 16.5. The Labute approximate surface area is 138 Å². The predicted molar refractivity (Wildman–Crippen MR) is 90.5 cm³/mol. The molecule has 1 aliphatic heterocycles. The Bertz CT molecular complexity index is 870. The minimum absolute atomic E-state index is 0.294. The topological polar surface area (TPSA) is 78.5 Å². The zero-order valence-electron chi connectivity index (χ0n) is 13.0. The molecule has 2 heterocycles.